The molecule has 0 aliphatic carbocycles. The highest BCUT2D eigenvalue weighted by atomic mass is 35.5. The molecule has 0 fully saturated rings. The summed E-state index contributed by atoms with van der Waals surface area (Å²) in [5.74, 6) is 0.892. The second kappa shape index (κ2) is 5.59. The van der Waals surface area contributed by atoms with Crippen molar-refractivity contribution in [3.05, 3.63) is 40.6 Å². The summed E-state index contributed by atoms with van der Waals surface area (Å²) in [6, 6.07) is 3.76. The Kier molecular flexibility index (Phi) is 4.09. The molecule has 1 unspecified atom stereocenters. The molecular formula is C13H17ClN2O2. The van der Waals surface area contributed by atoms with E-state index in [1.165, 1.54) is 0 Å². The summed E-state index contributed by atoms with van der Waals surface area (Å²) in [5.41, 5.74) is 1.80. The smallest absolute Gasteiger partial charge is 0.130 e. The van der Waals surface area contributed by atoms with Gasteiger partial charge in [-0.05, 0) is 25.5 Å². The topological polar surface area (TPSA) is 51.2 Å². The van der Waals surface area contributed by atoms with Gasteiger partial charge in [0, 0.05) is 25.5 Å². The van der Waals surface area contributed by atoms with Crippen molar-refractivity contribution in [2.24, 2.45) is 7.05 Å². The van der Waals surface area contributed by atoms with Crippen LogP contribution >= 0.6 is 11.6 Å². The molecular weight excluding hydrogens is 252 g/mol. The van der Waals surface area contributed by atoms with Crippen LogP contribution in [0.3, 0.4) is 0 Å². The van der Waals surface area contributed by atoms with Crippen LogP contribution in [0, 0.1) is 6.92 Å². The first-order chi connectivity index (χ1) is 8.58. The van der Waals surface area contributed by atoms with Gasteiger partial charge in [0.05, 0.1) is 18.1 Å². The summed E-state index contributed by atoms with van der Waals surface area (Å²) < 4.78 is 6.86. The average Bonchev–Trinajstić information content (AvgIpc) is 2.92. The monoisotopic (exact) mass is 268 g/mol. The third kappa shape index (κ3) is 2.94. The average molecular weight is 269 g/mol. The second-order valence-corrected chi connectivity index (χ2v) is 4.81. The van der Waals surface area contributed by atoms with Crippen LogP contribution in [0.5, 0.6) is 0 Å². The molecule has 0 spiro atoms. The van der Waals surface area contributed by atoms with Crippen molar-refractivity contribution in [2.75, 3.05) is 0 Å². The zero-order valence-corrected chi connectivity index (χ0v) is 11.3. The number of aromatic nitrogens is 2. The van der Waals surface area contributed by atoms with E-state index in [9.17, 15) is 5.11 Å². The van der Waals surface area contributed by atoms with E-state index in [0.29, 0.717) is 18.0 Å². The van der Waals surface area contributed by atoms with Crippen molar-refractivity contribution >= 4 is 11.6 Å². The molecule has 2 aromatic heterocycles. The van der Waals surface area contributed by atoms with E-state index >= 15 is 0 Å². The molecule has 98 valence electrons. The molecule has 1 N–H and O–H groups in total. The van der Waals surface area contributed by atoms with Crippen LogP contribution in [0.15, 0.2) is 22.8 Å². The molecule has 5 heteroatoms. The third-order valence-electron chi connectivity index (χ3n) is 3.01. The molecule has 0 aromatic carbocycles. The minimum atomic E-state index is -0.435. The number of aliphatic hydroxyl groups is 1. The van der Waals surface area contributed by atoms with E-state index < -0.39 is 6.10 Å². The van der Waals surface area contributed by atoms with Crippen molar-refractivity contribution in [1.29, 1.82) is 0 Å². The molecule has 4 nitrogen and oxygen atoms in total. The first kappa shape index (κ1) is 13.2. The Morgan fingerprint density at radius 2 is 2.33 bits per heavy atom. The Labute approximate surface area is 111 Å². The van der Waals surface area contributed by atoms with Crippen LogP contribution in [0.2, 0.25) is 5.15 Å². The van der Waals surface area contributed by atoms with Crippen LogP contribution in [0.4, 0.5) is 0 Å². The largest absolute Gasteiger partial charge is 0.469 e. The Bertz CT molecular complexity index is 505. The zero-order valence-electron chi connectivity index (χ0n) is 10.6. The molecule has 2 heterocycles. The molecule has 1 atom stereocenters. The summed E-state index contributed by atoms with van der Waals surface area (Å²) in [6.07, 6.45) is 3.11. The van der Waals surface area contributed by atoms with E-state index in [1.54, 1.807) is 18.0 Å². The van der Waals surface area contributed by atoms with Crippen molar-refractivity contribution in [2.45, 2.75) is 32.3 Å². The van der Waals surface area contributed by atoms with Crippen molar-refractivity contribution in [3.8, 4) is 0 Å². The lowest BCUT2D eigenvalue weighted by atomic mass is 10.0. The van der Waals surface area contributed by atoms with E-state index in [0.717, 1.165) is 23.4 Å². The summed E-state index contributed by atoms with van der Waals surface area (Å²) >= 11 is 6.13. The van der Waals surface area contributed by atoms with E-state index in [1.807, 2.05) is 19.1 Å². The van der Waals surface area contributed by atoms with Gasteiger partial charge in [0.1, 0.15) is 10.9 Å². The van der Waals surface area contributed by atoms with Crippen LogP contribution in [-0.4, -0.2) is 21.0 Å². The van der Waals surface area contributed by atoms with Crippen molar-refractivity contribution in [3.63, 3.8) is 0 Å². The fourth-order valence-electron chi connectivity index (χ4n) is 2.01. The highest BCUT2D eigenvalue weighted by molar-refractivity contribution is 6.30. The molecule has 0 bridgehead atoms. The predicted molar refractivity (Wildman–Crippen MR) is 69.7 cm³/mol. The Hall–Kier alpha value is -1.26. The number of aryl methyl sites for hydroxylation is 3. The van der Waals surface area contributed by atoms with E-state index in [2.05, 4.69) is 5.10 Å². The predicted octanol–water partition coefficient (Wildman–Crippen LogP) is 2.51. The van der Waals surface area contributed by atoms with Gasteiger partial charge in [0.15, 0.2) is 0 Å². The maximum absolute atomic E-state index is 10.0. The minimum Gasteiger partial charge on any atom is -0.469 e. The van der Waals surface area contributed by atoms with Gasteiger partial charge in [-0.2, -0.15) is 5.10 Å². The van der Waals surface area contributed by atoms with Gasteiger partial charge in [0.2, 0.25) is 0 Å². The SMILES string of the molecule is Cc1nn(C)c(Cl)c1CC(O)CCc1ccco1. The summed E-state index contributed by atoms with van der Waals surface area (Å²) in [6.45, 7) is 1.90. The Morgan fingerprint density at radius 3 is 2.89 bits per heavy atom. The number of nitrogens with zero attached hydrogens (tertiary/aromatic N) is 2. The lowest BCUT2D eigenvalue weighted by molar-refractivity contribution is 0.162. The van der Waals surface area contributed by atoms with Gasteiger partial charge in [-0.25, -0.2) is 0 Å². The number of rotatable bonds is 5. The third-order valence-corrected chi connectivity index (χ3v) is 3.49. The maximum atomic E-state index is 10.0. The molecule has 18 heavy (non-hydrogen) atoms. The summed E-state index contributed by atoms with van der Waals surface area (Å²) in [4.78, 5) is 0. The summed E-state index contributed by atoms with van der Waals surface area (Å²) in [7, 11) is 1.80. The van der Waals surface area contributed by atoms with Gasteiger partial charge in [-0.15, -0.1) is 0 Å². The van der Waals surface area contributed by atoms with Crippen LogP contribution in [-0.2, 0) is 19.9 Å². The van der Waals surface area contributed by atoms with E-state index in [4.69, 9.17) is 16.0 Å². The fraction of sp³-hybridized carbons (Fsp3) is 0.462. The van der Waals surface area contributed by atoms with Crippen LogP contribution < -0.4 is 0 Å². The Morgan fingerprint density at radius 1 is 1.56 bits per heavy atom. The van der Waals surface area contributed by atoms with Gasteiger partial charge in [-0.3, -0.25) is 4.68 Å². The number of hydrogen-bond donors (Lipinski definition) is 1. The molecule has 0 aliphatic heterocycles. The van der Waals surface area contributed by atoms with E-state index in [-0.39, 0.29) is 0 Å². The highest BCUT2D eigenvalue weighted by Crippen LogP contribution is 2.21. The minimum absolute atomic E-state index is 0.435. The van der Waals surface area contributed by atoms with Gasteiger partial charge >= 0.3 is 0 Å². The molecule has 0 aliphatic rings. The number of aliphatic hydroxyl groups excluding tert-OH is 1. The van der Waals surface area contributed by atoms with Gasteiger partial charge < -0.3 is 9.52 Å². The first-order valence-electron chi connectivity index (χ1n) is 5.96. The fourth-order valence-corrected chi connectivity index (χ4v) is 2.26. The number of halogens is 1. The molecule has 0 saturated heterocycles. The van der Waals surface area contributed by atoms with Crippen LogP contribution in [0.25, 0.3) is 0 Å². The van der Waals surface area contributed by atoms with Gasteiger partial charge in [0.25, 0.3) is 0 Å². The number of furan rings is 1. The first-order valence-corrected chi connectivity index (χ1v) is 6.34. The van der Waals surface area contributed by atoms with Crippen molar-refractivity contribution < 1.29 is 9.52 Å². The standard InChI is InChI=1S/C13H17ClN2O2/c1-9-12(13(14)16(2)15-9)8-10(17)5-6-11-4-3-7-18-11/h3-4,7,10,17H,5-6,8H2,1-2H3. The van der Waals surface area contributed by atoms with Crippen molar-refractivity contribution in [1.82, 2.24) is 9.78 Å². The number of hydrogen-bond acceptors (Lipinski definition) is 3. The quantitative estimate of drug-likeness (QED) is 0.907. The molecule has 2 rings (SSSR count). The summed E-state index contributed by atoms with van der Waals surface area (Å²) in [5, 5.41) is 14.9. The molecule has 0 saturated carbocycles. The highest BCUT2D eigenvalue weighted by Gasteiger charge is 2.15. The maximum Gasteiger partial charge on any atom is 0.130 e. The lowest BCUT2D eigenvalue weighted by Crippen LogP contribution is -2.12. The normalized spacial score (nSPS) is 12.9. The molecule has 0 amide bonds. The second-order valence-electron chi connectivity index (χ2n) is 4.45. The molecule has 2 aromatic rings. The van der Waals surface area contributed by atoms with Crippen LogP contribution in [0.1, 0.15) is 23.4 Å². The zero-order chi connectivity index (χ0) is 13.1. The molecule has 0 radical (unpaired) electrons. The van der Waals surface area contributed by atoms with Gasteiger partial charge in [-0.1, -0.05) is 11.6 Å². The Balaban J connectivity index is 1.92. The lowest BCUT2D eigenvalue weighted by Gasteiger charge is -2.09.